The van der Waals surface area contributed by atoms with Gasteiger partial charge in [0, 0.05) is 23.6 Å². The zero-order valence-electron chi connectivity index (χ0n) is 16.8. The molecule has 0 bridgehead atoms. The molecule has 0 fully saturated rings. The van der Waals surface area contributed by atoms with Crippen molar-refractivity contribution in [3.05, 3.63) is 53.6 Å². The van der Waals surface area contributed by atoms with E-state index < -0.39 is 5.92 Å². The molecular weight excluding hydrogens is 372 g/mol. The van der Waals surface area contributed by atoms with E-state index in [2.05, 4.69) is 6.58 Å². The number of ketones is 1. The number of hydrogen-bond acceptors (Lipinski definition) is 6. The van der Waals surface area contributed by atoms with Crippen molar-refractivity contribution in [1.29, 1.82) is 0 Å². The maximum absolute atomic E-state index is 13.3. The first-order chi connectivity index (χ1) is 14.1. The second-order valence-corrected chi connectivity index (χ2v) is 6.98. The van der Waals surface area contributed by atoms with Crippen LogP contribution in [0.1, 0.15) is 34.3 Å². The van der Waals surface area contributed by atoms with Gasteiger partial charge in [-0.3, -0.25) is 4.79 Å². The van der Waals surface area contributed by atoms with Gasteiger partial charge in [-0.25, -0.2) is 0 Å². The van der Waals surface area contributed by atoms with Crippen LogP contribution in [0.5, 0.6) is 28.7 Å². The number of Topliss-reactive ketones (excluding diaryl/α,β-unsaturated/α-hetero) is 1. The lowest BCUT2D eigenvalue weighted by Crippen LogP contribution is -2.43. The zero-order chi connectivity index (χ0) is 20.5. The highest BCUT2D eigenvalue weighted by Gasteiger charge is 2.45. The Labute approximate surface area is 170 Å². The van der Waals surface area contributed by atoms with E-state index in [0.717, 1.165) is 23.3 Å². The van der Waals surface area contributed by atoms with Crippen LogP contribution in [0.25, 0.3) is 0 Å². The average Bonchev–Trinajstić information content (AvgIpc) is 3.22. The van der Waals surface area contributed by atoms with Crippen LogP contribution in [0.2, 0.25) is 0 Å². The second kappa shape index (κ2) is 7.70. The molecule has 6 nitrogen and oxygen atoms in total. The minimum Gasteiger partial charge on any atom is -0.493 e. The Hall–Kier alpha value is -3.15. The molecule has 0 amide bonds. The molecule has 3 heterocycles. The number of methoxy groups -OCH3 is 2. The van der Waals surface area contributed by atoms with Crippen LogP contribution in [0, 0.1) is 0 Å². The lowest BCUT2D eigenvalue weighted by Gasteiger charge is -2.37. The van der Waals surface area contributed by atoms with E-state index >= 15 is 0 Å². The summed E-state index contributed by atoms with van der Waals surface area (Å²) in [5, 5.41) is 0. The molecule has 0 radical (unpaired) electrons. The minimum absolute atomic E-state index is 0.0442. The molecule has 152 valence electrons. The highest BCUT2D eigenvalue weighted by atomic mass is 16.5. The Kier molecular flexibility index (Phi) is 5.09. The normalized spacial score (nSPS) is 20.2. The summed E-state index contributed by atoms with van der Waals surface area (Å²) in [6, 6.07) is 7.24. The third kappa shape index (κ3) is 3.09. The molecule has 3 aliphatic heterocycles. The molecule has 0 N–H and O–H groups in total. The fraction of sp³-hybridized carbons (Fsp3) is 0.348. The quantitative estimate of drug-likeness (QED) is 0.717. The molecule has 0 spiro atoms. The Morgan fingerprint density at radius 2 is 1.83 bits per heavy atom. The molecule has 0 aromatic heterocycles. The van der Waals surface area contributed by atoms with Crippen molar-refractivity contribution in [2.45, 2.75) is 25.4 Å². The van der Waals surface area contributed by atoms with Crippen LogP contribution in [-0.2, 0) is 6.42 Å². The van der Waals surface area contributed by atoms with Crippen molar-refractivity contribution in [3.63, 3.8) is 0 Å². The molecule has 0 saturated carbocycles. The van der Waals surface area contributed by atoms with Gasteiger partial charge in [-0.1, -0.05) is 6.08 Å². The van der Waals surface area contributed by atoms with Gasteiger partial charge in [0.05, 0.1) is 32.3 Å². The number of rotatable bonds is 2. The number of ether oxygens (including phenoxy) is 5. The number of benzene rings is 2. The molecule has 29 heavy (non-hydrogen) atoms. The maximum Gasteiger partial charge on any atom is 0.178 e. The number of carbonyl (C=O) groups is 1. The van der Waals surface area contributed by atoms with E-state index in [1.165, 1.54) is 0 Å². The van der Waals surface area contributed by atoms with Gasteiger partial charge in [-0.05, 0) is 25.1 Å². The second-order valence-electron chi connectivity index (χ2n) is 6.98. The third-order valence-electron chi connectivity index (χ3n) is 5.27. The molecule has 2 atom stereocenters. The summed E-state index contributed by atoms with van der Waals surface area (Å²) in [6.45, 7) is 6.18. The van der Waals surface area contributed by atoms with E-state index in [1.807, 2.05) is 19.1 Å². The highest BCUT2D eigenvalue weighted by molar-refractivity contribution is 6.06. The Balaban J connectivity index is 0.000000645. The van der Waals surface area contributed by atoms with Crippen LogP contribution in [0.15, 0.2) is 36.9 Å². The summed E-state index contributed by atoms with van der Waals surface area (Å²) in [7, 11) is 3.15. The summed E-state index contributed by atoms with van der Waals surface area (Å²) in [6.07, 6.45) is 2.14. The van der Waals surface area contributed by atoms with Crippen LogP contribution < -0.4 is 23.7 Å². The molecule has 0 aliphatic carbocycles. The van der Waals surface area contributed by atoms with Crippen LogP contribution in [-0.4, -0.2) is 39.3 Å². The Morgan fingerprint density at radius 3 is 2.55 bits per heavy atom. The highest BCUT2D eigenvalue weighted by Crippen LogP contribution is 2.49. The van der Waals surface area contributed by atoms with Gasteiger partial charge in [0.15, 0.2) is 17.3 Å². The van der Waals surface area contributed by atoms with E-state index in [9.17, 15) is 4.79 Å². The van der Waals surface area contributed by atoms with Crippen molar-refractivity contribution in [3.8, 4) is 28.7 Å². The molecule has 0 unspecified atom stereocenters. The van der Waals surface area contributed by atoms with Gasteiger partial charge in [-0.2, -0.15) is 0 Å². The molecule has 3 aliphatic rings. The molecular formula is C23H24O6. The number of hydrogen-bond donors (Lipinski definition) is 0. The van der Waals surface area contributed by atoms with E-state index in [4.69, 9.17) is 23.7 Å². The van der Waals surface area contributed by atoms with Crippen molar-refractivity contribution >= 4 is 5.78 Å². The van der Waals surface area contributed by atoms with Crippen molar-refractivity contribution < 1.29 is 28.5 Å². The SMILES string of the molecule is C=CC.COc1cc2c(cc1OC)[C@@H]1C(=O)c3ccc4c(c3O[C@@H]1CO2)CCO4. The largest absolute Gasteiger partial charge is 0.493 e. The molecule has 2 aromatic rings. The summed E-state index contributed by atoms with van der Waals surface area (Å²) >= 11 is 0. The van der Waals surface area contributed by atoms with Gasteiger partial charge >= 0.3 is 0 Å². The fourth-order valence-corrected chi connectivity index (χ4v) is 4.02. The summed E-state index contributed by atoms with van der Waals surface area (Å²) in [4.78, 5) is 13.3. The molecule has 0 saturated heterocycles. The lowest BCUT2D eigenvalue weighted by atomic mass is 9.81. The van der Waals surface area contributed by atoms with Gasteiger partial charge in [0.1, 0.15) is 30.0 Å². The summed E-state index contributed by atoms with van der Waals surface area (Å²) < 4.78 is 28.4. The van der Waals surface area contributed by atoms with Crippen molar-refractivity contribution in [2.24, 2.45) is 0 Å². The van der Waals surface area contributed by atoms with Gasteiger partial charge in [0.2, 0.25) is 0 Å². The first-order valence-electron chi connectivity index (χ1n) is 9.58. The van der Waals surface area contributed by atoms with E-state index in [-0.39, 0.29) is 11.9 Å². The smallest absolute Gasteiger partial charge is 0.178 e. The monoisotopic (exact) mass is 396 g/mol. The van der Waals surface area contributed by atoms with Crippen LogP contribution in [0.3, 0.4) is 0 Å². The first kappa shape index (κ1) is 19.2. The zero-order valence-corrected chi connectivity index (χ0v) is 16.8. The average molecular weight is 396 g/mol. The van der Waals surface area contributed by atoms with Crippen molar-refractivity contribution in [1.82, 2.24) is 0 Å². The maximum atomic E-state index is 13.3. The van der Waals surface area contributed by atoms with E-state index in [1.54, 1.807) is 32.4 Å². The van der Waals surface area contributed by atoms with E-state index in [0.29, 0.717) is 41.8 Å². The Morgan fingerprint density at radius 1 is 1.10 bits per heavy atom. The molecule has 5 rings (SSSR count). The van der Waals surface area contributed by atoms with Gasteiger partial charge in [-0.15, -0.1) is 6.58 Å². The lowest BCUT2D eigenvalue weighted by molar-refractivity contribution is 0.0554. The minimum atomic E-state index is -0.425. The topological polar surface area (TPSA) is 63.2 Å². The van der Waals surface area contributed by atoms with Gasteiger partial charge < -0.3 is 23.7 Å². The number of allylic oxidation sites excluding steroid dienone is 1. The van der Waals surface area contributed by atoms with Gasteiger partial charge in [0.25, 0.3) is 0 Å². The predicted octanol–water partition coefficient (Wildman–Crippen LogP) is 3.95. The molecule has 6 heteroatoms. The standard InChI is InChI=1S/C20H18O6.C3H6/c1-22-15-7-12-14(8-16(15)23-2)25-9-17-18(12)19(21)11-3-4-13-10(5-6-24-13)20(11)26-17;1-3-2/h3-4,7-8,17-18H,5-6,9H2,1-2H3;3H,1H2,2H3/t17-,18+;/m1./s1. The van der Waals surface area contributed by atoms with Crippen molar-refractivity contribution in [2.75, 3.05) is 27.4 Å². The van der Waals surface area contributed by atoms with Crippen LogP contribution in [0.4, 0.5) is 0 Å². The summed E-state index contributed by atoms with van der Waals surface area (Å²) in [5.41, 5.74) is 2.36. The third-order valence-corrected chi connectivity index (χ3v) is 5.27. The fourth-order valence-electron chi connectivity index (χ4n) is 4.02. The first-order valence-corrected chi connectivity index (χ1v) is 9.58. The summed E-state index contributed by atoms with van der Waals surface area (Å²) in [5.74, 6) is 2.85. The Bertz CT molecular complexity index is 964. The van der Waals surface area contributed by atoms with Crippen LogP contribution >= 0.6 is 0 Å². The predicted molar refractivity (Wildman–Crippen MR) is 108 cm³/mol. The number of fused-ring (bicyclic) bond motifs is 6. The molecule has 2 aromatic carbocycles. The number of carbonyl (C=O) groups excluding carboxylic acids is 1.